The molecule has 0 aromatic carbocycles. The van der Waals surface area contributed by atoms with E-state index in [-0.39, 0.29) is 24.1 Å². The Balaban J connectivity index is 0.000000249. The van der Waals surface area contributed by atoms with Gasteiger partial charge in [-0.05, 0) is 52.5 Å². The Morgan fingerprint density at radius 3 is 1.25 bits per heavy atom. The van der Waals surface area contributed by atoms with Crippen LogP contribution >= 0.6 is 41.4 Å². The third-order valence-corrected chi connectivity index (χ3v) is 6.31. The van der Waals surface area contributed by atoms with E-state index in [0.29, 0.717) is 11.4 Å². The van der Waals surface area contributed by atoms with Crippen LogP contribution in [0.15, 0.2) is 120 Å². The van der Waals surface area contributed by atoms with Crippen LogP contribution < -0.4 is 20.3 Å². The second kappa shape index (κ2) is 25.0. The first kappa shape index (κ1) is 43.2. The van der Waals surface area contributed by atoms with Crippen LogP contribution in [0.3, 0.4) is 0 Å². The van der Waals surface area contributed by atoms with Gasteiger partial charge in [0.15, 0.2) is 10.9 Å². The standard InChI is InChI=1S/2C12H12N2O2.C10H8N2O2.CH3I.2ClH.Pt/c2*1-16-10-3-5-14-12(7-10)11-6-9(8-15)2-4-13-11;13-7-1-3-11-9(5-7)10-6-8(14)2-4-12-10;1-2;;;/h2*2-7,15H,8H2,1H3;1-6H,(H,11,13)(H,12,14);1H3;2*1H;/q;;;;;;+2/p-2. The zero-order chi connectivity index (χ0) is 37.4. The van der Waals surface area contributed by atoms with Crippen LogP contribution in [0.25, 0.3) is 34.2 Å². The molecule has 0 spiro atoms. The number of methoxy groups -OCH3 is 2. The summed E-state index contributed by atoms with van der Waals surface area (Å²) in [5, 5.41) is 18.1. The first-order valence-corrected chi connectivity index (χ1v) is 22.3. The molecule has 0 aliphatic heterocycles. The molecule has 51 heavy (non-hydrogen) atoms. The quantitative estimate of drug-likeness (QED) is 0.103. The number of aliphatic hydroxyl groups excluding tert-OH is 2. The van der Waals surface area contributed by atoms with Crippen molar-refractivity contribution < 1.29 is 36.2 Å². The van der Waals surface area contributed by atoms with E-state index in [0.717, 1.165) is 45.4 Å². The second-order valence-electron chi connectivity index (χ2n) is 9.50. The molecule has 0 saturated carbocycles. The number of nitrogens with one attached hydrogen (secondary N) is 2. The van der Waals surface area contributed by atoms with Gasteiger partial charge in [0, 0.05) is 73.6 Å². The zero-order valence-corrected chi connectivity index (χ0v) is 33.5. The summed E-state index contributed by atoms with van der Waals surface area (Å²) in [6, 6.07) is 20.0. The molecule has 0 aliphatic rings. The number of aliphatic hydroxyl groups is 2. The number of H-pyrrole nitrogens is 2. The molecule has 0 aliphatic carbocycles. The number of pyridine rings is 6. The third-order valence-electron chi connectivity index (χ3n) is 6.31. The number of halogens is 3. The van der Waals surface area contributed by atoms with Crippen LogP contribution in [0.4, 0.5) is 0 Å². The third kappa shape index (κ3) is 15.4. The van der Waals surface area contributed by atoms with Crippen LogP contribution in [0.2, 0.25) is 0 Å². The van der Waals surface area contributed by atoms with Gasteiger partial charge in [0.05, 0.1) is 61.6 Å². The maximum absolute atomic E-state index is 11.0. The van der Waals surface area contributed by atoms with Crippen molar-refractivity contribution in [3.8, 4) is 45.7 Å². The number of aromatic amines is 2. The van der Waals surface area contributed by atoms with Crippen molar-refractivity contribution >= 4 is 41.4 Å². The SMILES string of the molecule is CI.COc1ccnc(-c2cc(CO)ccn2)c1.COc1ccnc(-c2cc(CO)ccn2)c1.O=c1cc[nH]c(-c2cc(=O)cc[nH]2)c1.[Cl][Pt][Cl]. The molecule has 6 aromatic rings. The monoisotopic (exact) mass is 1030 g/mol. The van der Waals surface area contributed by atoms with Crippen LogP contribution in [0, 0.1) is 0 Å². The fourth-order valence-electron chi connectivity index (χ4n) is 3.98. The summed E-state index contributed by atoms with van der Waals surface area (Å²) in [5.41, 5.74) is 5.57. The summed E-state index contributed by atoms with van der Waals surface area (Å²) < 4.78 is 10.2. The summed E-state index contributed by atoms with van der Waals surface area (Å²) in [4.78, 5) is 46.6. The average Bonchev–Trinajstić information content (AvgIpc) is 3.19. The van der Waals surface area contributed by atoms with Crippen molar-refractivity contribution in [2.75, 3.05) is 19.2 Å². The molecule has 0 saturated heterocycles. The average molecular weight is 1030 g/mol. The number of nitrogens with zero attached hydrogens (tertiary/aromatic N) is 4. The van der Waals surface area contributed by atoms with Crippen LogP contribution in [0.5, 0.6) is 11.5 Å². The molecule has 0 fully saturated rings. The van der Waals surface area contributed by atoms with Crippen molar-refractivity contribution in [1.29, 1.82) is 0 Å². The van der Waals surface area contributed by atoms with E-state index in [1.165, 1.54) is 24.3 Å². The topological polar surface area (TPSA) is 176 Å². The van der Waals surface area contributed by atoms with Gasteiger partial charge in [-0.15, -0.1) is 0 Å². The molecule has 0 amide bonds. The van der Waals surface area contributed by atoms with Gasteiger partial charge in [-0.1, -0.05) is 22.6 Å². The maximum atomic E-state index is 11.0. The Morgan fingerprint density at radius 1 is 0.608 bits per heavy atom. The first-order valence-electron chi connectivity index (χ1n) is 14.5. The Bertz CT molecular complexity index is 1790. The molecule has 12 nitrogen and oxygen atoms in total. The van der Waals surface area contributed by atoms with Gasteiger partial charge in [0.25, 0.3) is 0 Å². The second-order valence-corrected chi connectivity index (χ2v) is 12.8. The number of ether oxygens (including phenoxy) is 2. The summed E-state index contributed by atoms with van der Waals surface area (Å²) in [5.74, 6) is 1.47. The molecule has 272 valence electrons. The predicted molar refractivity (Wildman–Crippen MR) is 205 cm³/mol. The van der Waals surface area contributed by atoms with Crippen LogP contribution in [-0.4, -0.2) is 59.3 Å². The Kier molecular flexibility index (Phi) is 21.2. The molecule has 0 unspecified atom stereocenters. The fraction of sp³-hybridized carbons (Fsp3) is 0.143. The molecule has 4 N–H and O–H groups in total. The number of hydrogen-bond acceptors (Lipinski definition) is 10. The Labute approximate surface area is 324 Å². The van der Waals surface area contributed by atoms with Crippen LogP contribution in [0.1, 0.15) is 11.1 Å². The van der Waals surface area contributed by atoms with E-state index < -0.39 is 16.5 Å². The molecule has 0 radical (unpaired) electrons. The molecule has 16 heteroatoms. The van der Waals surface area contributed by atoms with Crippen molar-refractivity contribution in [2.24, 2.45) is 0 Å². The van der Waals surface area contributed by atoms with Crippen molar-refractivity contribution in [3.63, 3.8) is 0 Å². The summed E-state index contributed by atoms with van der Waals surface area (Å²) in [6.07, 6.45) is 9.74. The van der Waals surface area contributed by atoms with E-state index in [9.17, 15) is 9.59 Å². The minimum atomic E-state index is -0.472. The predicted octanol–water partition coefficient (Wildman–Crippen LogP) is 6.45. The van der Waals surface area contributed by atoms with Crippen LogP contribution in [-0.2, 0) is 29.7 Å². The molecule has 0 atom stereocenters. The summed E-state index contributed by atoms with van der Waals surface area (Å²) in [7, 11) is 13.0. The normalized spacial score (nSPS) is 9.65. The van der Waals surface area contributed by atoms with Crippen molar-refractivity contribution in [3.05, 3.63) is 142 Å². The molecular weight excluding hydrogens is 993 g/mol. The van der Waals surface area contributed by atoms with E-state index in [1.807, 2.05) is 29.2 Å². The molecular formula is C35H35Cl2IN6O6Pt. The first-order chi connectivity index (χ1) is 24.8. The minimum absolute atomic E-state index is 0.000507. The summed E-state index contributed by atoms with van der Waals surface area (Å²) in [6.45, 7) is -0.00101. The van der Waals surface area contributed by atoms with Gasteiger partial charge in [-0.3, -0.25) is 29.5 Å². The number of aromatic nitrogens is 6. The van der Waals surface area contributed by atoms with Gasteiger partial charge in [0.2, 0.25) is 0 Å². The van der Waals surface area contributed by atoms with Gasteiger partial charge < -0.3 is 29.7 Å². The molecule has 0 bridgehead atoms. The van der Waals surface area contributed by atoms with Gasteiger partial charge in [0.1, 0.15) is 11.5 Å². The molecule has 6 heterocycles. The molecule has 6 rings (SSSR count). The van der Waals surface area contributed by atoms with Gasteiger partial charge >= 0.3 is 35.3 Å². The number of alkyl halides is 1. The Morgan fingerprint density at radius 2 is 0.941 bits per heavy atom. The summed E-state index contributed by atoms with van der Waals surface area (Å²) >= 11 is 1.68. The van der Waals surface area contributed by atoms with Gasteiger partial charge in [-0.2, -0.15) is 0 Å². The van der Waals surface area contributed by atoms with Gasteiger partial charge in [-0.25, -0.2) is 0 Å². The van der Waals surface area contributed by atoms with E-state index in [4.69, 9.17) is 38.5 Å². The Hall–Kier alpha value is -3.98. The zero-order valence-electron chi connectivity index (χ0n) is 27.6. The van der Waals surface area contributed by atoms with Crippen molar-refractivity contribution in [1.82, 2.24) is 29.9 Å². The number of rotatable bonds is 7. The van der Waals surface area contributed by atoms with Crippen molar-refractivity contribution in [2.45, 2.75) is 13.2 Å². The van der Waals surface area contributed by atoms with E-state index >= 15 is 0 Å². The fourth-order valence-corrected chi connectivity index (χ4v) is 3.98. The number of hydrogen-bond donors (Lipinski definition) is 4. The molecule has 6 aromatic heterocycles. The van der Waals surface area contributed by atoms with E-state index in [1.54, 1.807) is 75.7 Å². The van der Waals surface area contributed by atoms with E-state index in [2.05, 4.69) is 52.5 Å².